The summed E-state index contributed by atoms with van der Waals surface area (Å²) in [7, 11) is 0. The molecule has 2 aromatic carbocycles. The minimum atomic E-state index is -0.141. The number of amides is 1. The third-order valence-corrected chi connectivity index (χ3v) is 3.95. The second-order valence-corrected chi connectivity index (χ2v) is 5.55. The first kappa shape index (κ1) is 23.2. The quantitative estimate of drug-likeness (QED) is 0.713. The molecule has 0 aliphatic heterocycles. The lowest BCUT2D eigenvalue weighted by Gasteiger charge is -2.18. The van der Waals surface area contributed by atoms with Crippen LogP contribution in [0.2, 0.25) is 0 Å². The first-order valence-corrected chi connectivity index (χ1v) is 8.07. The molecule has 0 fully saturated rings. The van der Waals surface area contributed by atoms with Crippen molar-refractivity contribution in [3.8, 4) is 0 Å². The minimum Gasteiger partial charge on any atom is -0.398 e. The van der Waals surface area contributed by atoms with Crippen LogP contribution in [-0.4, -0.2) is 23.9 Å². The number of carbonyl (C=O) groups excluding carboxylic acids is 1. The van der Waals surface area contributed by atoms with Crippen LogP contribution in [0.4, 0.5) is 5.69 Å². The normalized spacial score (nSPS) is 9.88. The highest BCUT2D eigenvalue weighted by atomic mass is 35.5. The Balaban J connectivity index is 0.00000288. The van der Waals surface area contributed by atoms with Gasteiger partial charge in [0.05, 0.1) is 5.56 Å². The summed E-state index contributed by atoms with van der Waals surface area (Å²) in [5, 5.41) is 2.93. The number of hydrogen-bond donors (Lipinski definition) is 2. The minimum absolute atomic E-state index is 0. The average molecular weight is 384 g/mol. The summed E-state index contributed by atoms with van der Waals surface area (Å²) in [6.07, 6.45) is 0. The molecule has 2 aromatic rings. The lowest BCUT2D eigenvalue weighted by molar-refractivity contribution is 0.0952. The van der Waals surface area contributed by atoms with E-state index in [1.54, 1.807) is 12.1 Å². The van der Waals surface area contributed by atoms with Crippen molar-refractivity contribution in [1.29, 1.82) is 0 Å². The van der Waals surface area contributed by atoms with Gasteiger partial charge >= 0.3 is 0 Å². The van der Waals surface area contributed by atoms with Crippen molar-refractivity contribution in [3.05, 3.63) is 65.2 Å². The molecule has 2 rings (SSSR count). The molecule has 0 radical (unpaired) electrons. The summed E-state index contributed by atoms with van der Waals surface area (Å²) in [4.78, 5) is 14.6. The zero-order chi connectivity index (χ0) is 16.7. The van der Waals surface area contributed by atoms with Crippen LogP contribution in [0.1, 0.15) is 35.3 Å². The van der Waals surface area contributed by atoms with E-state index in [-0.39, 0.29) is 30.7 Å². The van der Waals surface area contributed by atoms with E-state index >= 15 is 0 Å². The third kappa shape index (κ3) is 6.94. The second kappa shape index (κ2) is 11.7. The van der Waals surface area contributed by atoms with Gasteiger partial charge in [0.15, 0.2) is 0 Å². The molecule has 0 atom stereocenters. The van der Waals surface area contributed by atoms with E-state index in [0.717, 1.165) is 25.2 Å². The maximum absolute atomic E-state index is 12.2. The Morgan fingerprint density at radius 1 is 1.00 bits per heavy atom. The molecule has 138 valence electrons. The predicted molar refractivity (Wildman–Crippen MR) is 110 cm³/mol. The maximum Gasteiger partial charge on any atom is 0.253 e. The van der Waals surface area contributed by atoms with E-state index in [2.05, 4.69) is 36.2 Å². The fraction of sp³-hybridized carbons (Fsp3) is 0.316. The molecule has 0 spiro atoms. The van der Waals surface area contributed by atoms with Crippen molar-refractivity contribution in [2.75, 3.05) is 18.8 Å². The Hall–Kier alpha value is -1.75. The number of carbonyl (C=O) groups is 1. The molecule has 0 saturated heterocycles. The molecule has 3 N–H and O–H groups in total. The Morgan fingerprint density at radius 3 is 2.28 bits per heavy atom. The summed E-state index contributed by atoms with van der Waals surface area (Å²) < 4.78 is 0. The molecule has 0 aliphatic rings. The number of benzene rings is 2. The molecule has 25 heavy (non-hydrogen) atoms. The van der Waals surface area contributed by atoms with Gasteiger partial charge in [0, 0.05) is 18.8 Å². The Kier molecular flexibility index (Phi) is 10.9. The number of halogens is 2. The summed E-state index contributed by atoms with van der Waals surface area (Å²) in [5.41, 5.74) is 9.21. The van der Waals surface area contributed by atoms with Gasteiger partial charge in [0.25, 0.3) is 5.91 Å². The van der Waals surface area contributed by atoms with Crippen LogP contribution in [0, 0.1) is 0 Å². The van der Waals surface area contributed by atoms with Gasteiger partial charge in [0.2, 0.25) is 0 Å². The smallest absolute Gasteiger partial charge is 0.253 e. The van der Waals surface area contributed by atoms with Crippen molar-refractivity contribution in [2.45, 2.75) is 26.9 Å². The van der Waals surface area contributed by atoms with E-state index in [0.29, 0.717) is 17.8 Å². The molecule has 0 heterocycles. The largest absolute Gasteiger partial charge is 0.398 e. The van der Waals surface area contributed by atoms with Gasteiger partial charge in [-0.1, -0.05) is 50.2 Å². The van der Waals surface area contributed by atoms with Gasteiger partial charge in [-0.3, -0.25) is 9.69 Å². The van der Waals surface area contributed by atoms with Gasteiger partial charge in [-0.05, 0) is 36.3 Å². The maximum atomic E-state index is 12.2. The molecular weight excluding hydrogens is 357 g/mol. The lowest BCUT2D eigenvalue weighted by atomic mass is 10.1. The lowest BCUT2D eigenvalue weighted by Crippen LogP contribution is -2.24. The summed E-state index contributed by atoms with van der Waals surface area (Å²) >= 11 is 0. The molecular formula is C19H27Cl2N3O. The fourth-order valence-electron chi connectivity index (χ4n) is 2.52. The van der Waals surface area contributed by atoms with E-state index < -0.39 is 0 Å². The van der Waals surface area contributed by atoms with Gasteiger partial charge in [0.1, 0.15) is 0 Å². The SMILES string of the molecule is CCN(CC)Cc1cccc(CNC(=O)c2ccccc2N)c1.Cl.Cl. The van der Waals surface area contributed by atoms with Crippen molar-refractivity contribution >= 4 is 36.4 Å². The number of nitrogens with one attached hydrogen (secondary N) is 1. The summed E-state index contributed by atoms with van der Waals surface area (Å²) in [5.74, 6) is -0.141. The van der Waals surface area contributed by atoms with Crippen molar-refractivity contribution < 1.29 is 4.79 Å². The van der Waals surface area contributed by atoms with Crippen molar-refractivity contribution in [2.24, 2.45) is 0 Å². The first-order valence-electron chi connectivity index (χ1n) is 8.07. The monoisotopic (exact) mass is 383 g/mol. The van der Waals surface area contributed by atoms with E-state index in [1.807, 2.05) is 24.3 Å². The molecule has 6 heteroatoms. The Morgan fingerprint density at radius 2 is 1.64 bits per heavy atom. The van der Waals surface area contributed by atoms with Gasteiger partial charge in [-0.25, -0.2) is 0 Å². The van der Waals surface area contributed by atoms with E-state index in [1.165, 1.54) is 5.56 Å². The van der Waals surface area contributed by atoms with Crippen molar-refractivity contribution in [1.82, 2.24) is 10.2 Å². The molecule has 0 bridgehead atoms. The number of nitrogen functional groups attached to an aromatic ring is 1. The zero-order valence-corrected chi connectivity index (χ0v) is 16.3. The van der Waals surface area contributed by atoms with Crippen molar-refractivity contribution in [3.63, 3.8) is 0 Å². The average Bonchev–Trinajstić information content (AvgIpc) is 2.58. The highest BCUT2D eigenvalue weighted by molar-refractivity contribution is 5.98. The third-order valence-electron chi connectivity index (χ3n) is 3.95. The topological polar surface area (TPSA) is 58.4 Å². The van der Waals surface area contributed by atoms with Crippen LogP contribution in [0.3, 0.4) is 0 Å². The summed E-state index contributed by atoms with van der Waals surface area (Å²) in [6, 6.07) is 15.4. The van der Waals surface area contributed by atoms with Gasteiger partial charge < -0.3 is 11.1 Å². The Labute approximate surface area is 162 Å². The highest BCUT2D eigenvalue weighted by Gasteiger charge is 2.08. The number of rotatable bonds is 7. The van der Waals surface area contributed by atoms with Crippen LogP contribution in [-0.2, 0) is 13.1 Å². The summed E-state index contributed by atoms with van der Waals surface area (Å²) in [6.45, 7) is 7.82. The van der Waals surface area contributed by atoms with E-state index in [4.69, 9.17) is 5.73 Å². The standard InChI is InChI=1S/C19H25N3O.2ClH/c1-3-22(4-2)14-16-9-7-8-15(12-16)13-21-19(23)17-10-5-6-11-18(17)20;;/h5-12H,3-4,13-14,20H2,1-2H3,(H,21,23);2*1H. The number of nitrogens with zero attached hydrogens (tertiary/aromatic N) is 1. The van der Waals surface area contributed by atoms with Crippen LogP contribution >= 0.6 is 24.8 Å². The first-order chi connectivity index (χ1) is 11.1. The zero-order valence-electron chi connectivity index (χ0n) is 14.7. The number of para-hydroxylation sites is 1. The second-order valence-electron chi connectivity index (χ2n) is 5.55. The van der Waals surface area contributed by atoms with E-state index in [9.17, 15) is 4.79 Å². The molecule has 0 aromatic heterocycles. The van der Waals surface area contributed by atoms with Gasteiger partial charge in [-0.15, -0.1) is 24.8 Å². The Bertz CT molecular complexity index is 661. The van der Waals surface area contributed by atoms with Gasteiger partial charge in [-0.2, -0.15) is 0 Å². The molecule has 4 nitrogen and oxygen atoms in total. The number of hydrogen-bond acceptors (Lipinski definition) is 3. The molecule has 0 unspecified atom stereocenters. The number of anilines is 1. The predicted octanol–water partition coefficient (Wildman–Crippen LogP) is 3.88. The highest BCUT2D eigenvalue weighted by Crippen LogP contribution is 2.12. The van der Waals surface area contributed by atoms with Crippen LogP contribution < -0.4 is 11.1 Å². The fourth-order valence-corrected chi connectivity index (χ4v) is 2.52. The molecule has 0 saturated carbocycles. The molecule has 0 aliphatic carbocycles. The van der Waals surface area contributed by atoms with Crippen LogP contribution in [0.5, 0.6) is 0 Å². The molecule has 1 amide bonds. The number of nitrogens with two attached hydrogens (primary N) is 1. The van der Waals surface area contributed by atoms with Crippen LogP contribution in [0.25, 0.3) is 0 Å². The van der Waals surface area contributed by atoms with Crippen LogP contribution in [0.15, 0.2) is 48.5 Å².